The third kappa shape index (κ3) is 3.12. The van der Waals surface area contributed by atoms with Gasteiger partial charge in [-0.05, 0) is 33.6 Å². The first-order valence-electron chi connectivity index (χ1n) is 6.35. The number of aromatic nitrogens is 4. The van der Waals surface area contributed by atoms with Crippen LogP contribution in [0.15, 0.2) is 63.6 Å². The molecule has 2 heterocycles. The first kappa shape index (κ1) is 14.2. The molecule has 2 aromatic heterocycles. The molecule has 0 saturated carbocycles. The van der Waals surface area contributed by atoms with Crippen LogP contribution >= 0.6 is 15.9 Å². The Labute approximate surface area is 133 Å². The van der Waals surface area contributed by atoms with Crippen molar-refractivity contribution in [2.24, 2.45) is 5.10 Å². The van der Waals surface area contributed by atoms with E-state index in [-0.39, 0.29) is 5.56 Å². The number of benzene rings is 1. The minimum absolute atomic E-state index is 0.315. The summed E-state index contributed by atoms with van der Waals surface area (Å²) in [5.74, 6) is 0. The number of halogens is 1. The second-order valence-corrected chi connectivity index (χ2v) is 5.15. The zero-order chi connectivity index (χ0) is 15.4. The molecule has 110 valence electrons. The fraction of sp³-hybridized carbons (Fsp3) is 0. The Bertz CT molecular complexity index is 839. The SMILES string of the molecule is O=c1[nH]ncc(N/N=C/c2ccc(-n3ccnc3)cc2)c1Br. The van der Waals surface area contributed by atoms with E-state index in [1.807, 2.05) is 35.0 Å². The molecule has 22 heavy (non-hydrogen) atoms. The lowest BCUT2D eigenvalue weighted by Gasteiger charge is -2.02. The van der Waals surface area contributed by atoms with Crippen molar-refractivity contribution in [3.63, 3.8) is 0 Å². The van der Waals surface area contributed by atoms with Gasteiger partial charge in [0.2, 0.25) is 0 Å². The number of imidazole rings is 1. The first-order valence-corrected chi connectivity index (χ1v) is 7.14. The number of nitrogens with zero attached hydrogens (tertiary/aromatic N) is 4. The highest BCUT2D eigenvalue weighted by molar-refractivity contribution is 9.10. The number of anilines is 1. The molecule has 1 aromatic carbocycles. The molecule has 0 radical (unpaired) electrons. The Balaban J connectivity index is 1.70. The van der Waals surface area contributed by atoms with Crippen molar-refractivity contribution in [3.05, 3.63) is 69.6 Å². The van der Waals surface area contributed by atoms with Crippen LogP contribution in [0.3, 0.4) is 0 Å². The highest BCUT2D eigenvalue weighted by atomic mass is 79.9. The van der Waals surface area contributed by atoms with Crippen molar-refractivity contribution in [2.75, 3.05) is 5.43 Å². The molecule has 0 unspecified atom stereocenters. The van der Waals surface area contributed by atoms with E-state index in [9.17, 15) is 4.79 Å². The van der Waals surface area contributed by atoms with Crippen molar-refractivity contribution >= 4 is 27.8 Å². The Kier molecular flexibility index (Phi) is 4.10. The number of rotatable bonds is 4. The third-order valence-corrected chi connectivity index (χ3v) is 3.68. The van der Waals surface area contributed by atoms with Gasteiger partial charge >= 0.3 is 0 Å². The molecule has 0 spiro atoms. The first-order chi connectivity index (χ1) is 10.7. The smallest absolute Gasteiger partial charge is 0.280 e. The Morgan fingerprint density at radius 1 is 1.32 bits per heavy atom. The van der Waals surface area contributed by atoms with E-state index in [0.717, 1.165) is 11.3 Å². The summed E-state index contributed by atoms with van der Waals surface area (Å²) in [6.45, 7) is 0. The average Bonchev–Trinajstić information content (AvgIpc) is 3.07. The topological polar surface area (TPSA) is 88.0 Å². The number of aromatic amines is 1. The maximum Gasteiger partial charge on any atom is 0.280 e. The van der Waals surface area contributed by atoms with E-state index in [4.69, 9.17) is 0 Å². The van der Waals surface area contributed by atoms with Crippen molar-refractivity contribution < 1.29 is 0 Å². The van der Waals surface area contributed by atoms with Gasteiger partial charge in [-0.15, -0.1) is 0 Å². The van der Waals surface area contributed by atoms with Crippen molar-refractivity contribution in [1.29, 1.82) is 0 Å². The molecule has 0 bridgehead atoms. The van der Waals surface area contributed by atoms with E-state index < -0.39 is 0 Å². The average molecular weight is 359 g/mol. The van der Waals surface area contributed by atoms with Crippen molar-refractivity contribution in [2.45, 2.75) is 0 Å². The van der Waals surface area contributed by atoms with Crippen LogP contribution < -0.4 is 11.0 Å². The van der Waals surface area contributed by atoms with Gasteiger partial charge in [0, 0.05) is 18.1 Å². The monoisotopic (exact) mass is 358 g/mol. The predicted molar refractivity (Wildman–Crippen MR) is 87.3 cm³/mol. The van der Waals surface area contributed by atoms with Crippen LogP contribution in [0.4, 0.5) is 5.69 Å². The minimum atomic E-state index is -0.315. The van der Waals surface area contributed by atoms with Gasteiger partial charge in [-0.1, -0.05) is 12.1 Å². The molecular weight excluding hydrogens is 348 g/mol. The van der Waals surface area contributed by atoms with E-state index in [1.54, 1.807) is 18.7 Å². The van der Waals surface area contributed by atoms with Crippen molar-refractivity contribution in [3.8, 4) is 5.69 Å². The Hall–Kier alpha value is -2.74. The largest absolute Gasteiger partial charge is 0.306 e. The quantitative estimate of drug-likeness (QED) is 0.552. The van der Waals surface area contributed by atoms with Crippen LogP contribution in [-0.4, -0.2) is 26.0 Å². The molecule has 7 nitrogen and oxygen atoms in total. The van der Waals surface area contributed by atoms with Gasteiger partial charge in [0.1, 0.15) is 4.47 Å². The van der Waals surface area contributed by atoms with Gasteiger partial charge in [0.05, 0.1) is 24.4 Å². The summed E-state index contributed by atoms with van der Waals surface area (Å²) in [4.78, 5) is 15.4. The van der Waals surface area contributed by atoms with E-state index in [2.05, 4.69) is 41.6 Å². The third-order valence-electron chi connectivity index (χ3n) is 2.89. The molecule has 8 heteroatoms. The summed E-state index contributed by atoms with van der Waals surface area (Å²) in [6.07, 6.45) is 8.48. The fourth-order valence-electron chi connectivity index (χ4n) is 1.78. The standard InChI is InChI=1S/C14H11BrN6O/c15-13-12(8-18-20-14(13)22)19-17-7-10-1-3-11(4-2-10)21-6-5-16-9-21/h1-9H,(H2,19,20,22)/b17-7+. The maximum atomic E-state index is 11.4. The molecule has 3 rings (SSSR count). The molecule has 0 aliphatic rings. The second-order valence-electron chi connectivity index (χ2n) is 4.36. The van der Waals surface area contributed by atoms with Gasteiger partial charge < -0.3 is 4.57 Å². The van der Waals surface area contributed by atoms with Gasteiger partial charge in [-0.2, -0.15) is 10.2 Å². The minimum Gasteiger partial charge on any atom is -0.306 e. The highest BCUT2D eigenvalue weighted by Gasteiger charge is 2.02. The van der Waals surface area contributed by atoms with Crippen LogP contribution in [0.5, 0.6) is 0 Å². The lowest BCUT2D eigenvalue weighted by molar-refractivity contribution is 0.977. The molecule has 0 aliphatic carbocycles. The summed E-state index contributed by atoms with van der Waals surface area (Å²) >= 11 is 3.17. The molecule has 0 amide bonds. The second kappa shape index (κ2) is 6.35. The van der Waals surface area contributed by atoms with E-state index >= 15 is 0 Å². The molecule has 3 aromatic rings. The van der Waals surface area contributed by atoms with E-state index in [1.165, 1.54) is 6.20 Å². The summed E-state index contributed by atoms with van der Waals surface area (Å²) in [7, 11) is 0. The maximum absolute atomic E-state index is 11.4. The highest BCUT2D eigenvalue weighted by Crippen LogP contribution is 2.15. The summed E-state index contributed by atoms with van der Waals surface area (Å²) in [5.41, 5.74) is 4.89. The van der Waals surface area contributed by atoms with Gasteiger partial charge in [-0.25, -0.2) is 10.1 Å². The molecule has 0 saturated heterocycles. The summed E-state index contributed by atoms with van der Waals surface area (Å²) < 4.78 is 2.27. The van der Waals surface area contributed by atoms with Crippen LogP contribution in [0.1, 0.15) is 5.56 Å². The van der Waals surface area contributed by atoms with E-state index in [0.29, 0.717) is 10.2 Å². The summed E-state index contributed by atoms with van der Waals surface area (Å²) in [5, 5.41) is 10.1. The fourth-order valence-corrected chi connectivity index (χ4v) is 2.06. The van der Waals surface area contributed by atoms with Gasteiger partial charge in [0.25, 0.3) is 5.56 Å². The predicted octanol–water partition coefficient (Wildman–Crippen LogP) is 2.16. The zero-order valence-electron chi connectivity index (χ0n) is 11.3. The molecule has 0 fully saturated rings. The number of nitrogens with one attached hydrogen (secondary N) is 2. The lowest BCUT2D eigenvalue weighted by Crippen LogP contribution is -2.10. The Morgan fingerprint density at radius 3 is 2.86 bits per heavy atom. The van der Waals surface area contributed by atoms with Crippen LogP contribution in [0.25, 0.3) is 5.69 Å². The van der Waals surface area contributed by atoms with Crippen molar-refractivity contribution in [1.82, 2.24) is 19.7 Å². The van der Waals surface area contributed by atoms with Crippen LogP contribution in [0.2, 0.25) is 0 Å². The van der Waals surface area contributed by atoms with Gasteiger partial charge in [0.15, 0.2) is 0 Å². The molecular formula is C14H11BrN6O. The molecule has 2 N–H and O–H groups in total. The van der Waals surface area contributed by atoms with Crippen LogP contribution in [0, 0.1) is 0 Å². The van der Waals surface area contributed by atoms with Crippen LogP contribution in [-0.2, 0) is 0 Å². The number of hydrogen-bond donors (Lipinski definition) is 2. The number of H-pyrrole nitrogens is 1. The number of hydrazone groups is 1. The summed E-state index contributed by atoms with van der Waals surface area (Å²) in [6, 6.07) is 7.80. The number of hydrogen-bond acceptors (Lipinski definition) is 5. The Morgan fingerprint density at radius 2 is 2.14 bits per heavy atom. The van der Waals surface area contributed by atoms with Gasteiger partial charge in [-0.3, -0.25) is 10.2 Å². The molecule has 0 atom stereocenters. The lowest BCUT2D eigenvalue weighted by atomic mass is 10.2. The zero-order valence-corrected chi connectivity index (χ0v) is 12.9. The molecule has 0 aliphatic heterocycles. The normalized spacial score (nSPS) is 11.0.